The zero-order chi connectivity index (χ0) is 38.4. The lowest BCUT2D eigenvalue weighted by atomic mass is 9.48. The summed E-state index contributed by atoms with van der Waals surface area (Å²) < 4.78 is 6.46. The van der Waals surface area contributed by atoms with Gasteiger partial charge in [0, 0.05) is 24.9 Å². The first kappa shape index (κ1) is 40.1. The number of aliphatic hydroxyl groups is 2. The highest BCUT2D eigenvalue weighted by atomic mass is 16.5. The highest BCUT2D eigenvalue weighted by Gasteiger charge is 2.56. The van der Waals surface area contributed by atoms with Crippen LogP contribution in [0.2, 0.25) is 0 Å². The maximum absolute atomic E-state index is 13.7. The van der Waals surface area contributed by atoms with Crippen LogP contribution in [0.15, 0.2) is 54.6 Å². The number of benzene rings is 2. The first-order valence-electron chi connectivity index (χ1n) is 20.6. The predicted octanol–water partition coefficient (Wildman–Crippen LogP) is 8.15. The van der Waals surface area contributed by atoms with Gasteiger partial charge in [-0.05, 0) is 124 Å². The van der Waals surface area contributed by atoms with E-state index in [-0.39, 0.29) is 41.8 Å². The Labute approximate surface area is 321 Å². The fourth-order valence-electron chi connectivity index (χ4n) is 10.6. The molecule has 10 atom stereocenters. The summed E-state index contributed by atoms with van der Waals surface area (Å²) in [5.41, 5.74) is 3.98. The molecule has 0 aliphatic heterocycles. The van der Waals surface area contributed by atoms with Crippen LogP contribution < -0.4 is 10.6 Å². The molecule has 9 heteroatoms. The van der Waals surface area contributed by atoms with Crippen molar-refractivity contribution in [2.45, 2.75) is 123 Å². The summed E-state index contributed by atoms with van der Waals surface area (Å²) in [5.74, 6) is 1.02. The number of aliphatic carboxylic acids is 1. The average molecular weight is 742 g/mol. The second-order valence-corrected chi connectivity index (χ2v) is 17.1. The van der Waals surface area contributed by atoms with Gasteiger partial charge in [-0.1, -0.05) is 69.3 Å². The van der Waals surface area contributed by atoms with Gasteiger partial charge in [-0.25, -0.2) is 0 Å². The molecule has 3 aliphatic rings. The molecule has 5 N–H and O–H groups in total. The van der Waals surface area contributed by atoms with E-state index in [9.17, 15) is 24.9 Å². The zero-order valence-corrected chi connectivity index (χ0v) is 32.8. The number of aryl methyl sites for hydroxylation is 1. The first-order valence-corrected chi connectivity index (χ1v) is 20.6. The van der Waals surface area contributed by atoms with E-state index in [0.717, 1.165) is 67.1 Å². The quantitative estimate of drug-likeness (QED) is 0.0927. The number of rotatable bonds is 16. The molecule has 0 spiro atoms. The number of hydrogen-bond donors (Lipinski definition) is 5. The van der Waals surface area contributed by atoms with Gasteiger partial charge in [0.2, 0.25) is 0 Å². The number of hydrogen-bond acceptors (Lipinski definition) is 7. The van der Waals surface area contributed by atoms with Crippen LogP contribution in [-0.4, -0.2) is 63.6 Å². The number of carbonyl (C=O) groups excluding carboxylic acids is 1. The lowest BCUT2D eigenvalue weighted by Gasteiger charge is -2.58. The van der Waals surface area contributed by atoms with E-state index >= 15 is 0 Å². The van der Waals surface area contributed by atoms with E-state index in [1.807, 2.05) is 56.3 Å². The van der Waals surface area contributed by atoms with Crippen LogP contribution in [0.4, 0.5) is 5.69 Å². The van der Waals surface area contributed by atoms with Crippen molar-refractivity contribution in [1.82, 2.24) is 10.3 Å². The molecule has 0 radical (unpaired) electrons. The number of fused-ring (bicyclic) bond motifs is 2. The Kier molecular flexibility index (Phi) is 13.3. The van der Waals surface area contributed by atoms with Crippen molar-refractivity contribution in [2.75, 3.05) is 18.5 Å². The van der Waals surface area contributed by atoms with Crippen molar-refractivity contribution in [3.63, 3.8) is 0 Å². The summed E-state index contributed by atoms with van der Waals surface area (Å²) in [6, 6.07) is 18.0. The van der Waals surface area contributed by atoms with Gasteiger partial charge in [-0.3, -0.25) is 14.6 Å². The molecule has 0 bridgehead atoms. The van der Waals surface area contributed by atoms with Crippen molar-refractivity contribution in [1.29, 1.82) is 0 Å². The second kappa shape index (κ2) is 17.9. The third kappa shape index (κ3) is 9.11. The summed E-state index contributed by atoms with van der Waals surface area (Å²) in [5, 5.41) is 39.7. The number of nitrogens with zero attached hydrogens (tertiary/aromatic N) is 1. The van der Waals surface area contributed by atoms with E-state index in [2.05, 4.69) is 36.6 Å². The summed E-state index contributed by atoms with van der Waals surface area (Å²) in [7, 11) is 0. The third-order valence-corrected chi connectivity index (χ3v) is 13.8. The smallest absolute Gasteiger partial charge is 0.303 e. The van der Waals surface area contributed by atoms with E-state index in [4.69, 9.17) is 9.72 Å². The topological polar surface area (TPSA) is 141 Å². The zero-order valence-electron chi connectivity index (χ0n) is 32.8. The van der Waals surface area contributed by atoms with Gasteiger partial charge < -0.3 is 30.7 Å². The SMILES string of the molecule is CC[C@@H](O)CC1C(C2CC[C@H]([C@H](C)CCC(=O)O)C2)[C@H](O)CC2C[C@@H](OCCNC(=O)c3c(C)nc4ccccc4c3NCc3ccccc3)CC[C@@]21C. The normalized spacial score (nSPS) is 29.3. The maximum atomic E-state index is 13.7. The highest BCUT2D eigenvalue weighted by molar-refractivity contribution is 6.08. The maximum Gasteiger partial charge on any atom is 0.303 e. The Balaban J connectivity index is 1.07. The molecule has 9 nitrogen and oxygen atoms in total. The summed E-state index contributed by atoms with van der Waals surface area (Å²) in [4.78, 5) is 29.7. The van der Waals surface area contributed by atoms with Gasteiger partial charge in [0.15, 0.2) is 0 Å². The minimum absolute atomic E-state index is 0.00485. The average Bonchev–Trinajstić information content (AvgIpc) is 3.65. The number of aliphatic hydroxyl groups excluding tert-OH is 2. The van der Waals surface area contributed by atoms with Gasteiger partial charge >= 0.3 is 5.97 Å². The third-order valence-electron chi connectivity index (χ3n) is 13.8. The molecule has 3 saturated carbocycles. The standard InChI is InChI=1S/C45H63N3O6/c1-5-34(49)26-37-42(32-17-16-31(23-32)28(2)15-18-40(51)52)39(50)25-33-24-35(19-20-45(33,37)4)54-22-21-46-44(53)41-29(3)48-38-14-10-9-13-36(38)43(41)47-27-30-11-7-6-8-12-30/h6-14,28,31-35,37,39,42,49-50H,5,15-27H2,1-4H3,(H,46,53)(H,47,48)(H,51,52)/t28-,31+,32?,33?,34-,35+,37?,39-,42?,45+/m1/s1. The van der Waals surface area contributed by atoms with Crippen molar-refractivity contribution in [2.24, 2.45) is 40.9 Å². The number of amides is 1. The molecule has 3 aliphatic carbocycles. The fourth-order valence-corrected chi connectivity index (χ4v) is 10.6. The number of para-hydroxylation sites is 1. The summed E-state index contributed by atoms with van der Waals surface area (Å²) in [6.45, 7) is 9.89. The number of carboxylic acids is 1. The Morgan fingerprint density at radius 1 is 1.04 bits per heavy atom. The van der Waals surface area contributed by atoms with Gasteiger partial charge in [0.25, 0.3) is 5.91 Å². The molecule has 6 rings (SSSR count). The Morgan fingerprint density at radius 3 is 2.56 bits per heavy atom. The molecule has 2 aromatic carbocycles. The molecule has 4 unspecified atom stereocenters. The number of carboxylic acid groups (broad SMARTS) is 1. The lowest BCUT2D eigenvalue weighted by molar-refractivity contribution is -0.151. The molecule has 1 heterocycles. The van der Waals surface area contributed by atoms with Crippen LogP contribution in [-0.2, 0) is 16.1 Å². The lowest BCUT2D eigenvalue weighted by Crippen LogP contribution is -2.55. The molecule has 3 fully saturated rings. The van der Waals surface area contributed by atoms with Crippen LogP contribution in [0.25, 0.3) is 10.9 Å². The van der Waals surface area contributed by atoms with E-state index in [1.54, 1.807) is 0 Å². The molecule has 294 valence electrons. The molecular formula is C45H63N3O6. The number of carbonyl (C=O) groups is 2. The minimum atomic E-state index is -0.731. The molecule has 1 amide bonds. The molecule has 54 heavy (non-hydrogen) atoms. The number of ether oxygens (including phenoxy) is 1. The molecule has 0 saturated heterocycles. The van der Waals surface area contributed by atoms with Crippen LogP contribution >= 0.6 is 0 Å². The van der Waals surface area contributed by atoms with Gasteiger partial charge in [-0.2, -0.15) is 0 Å². The van der Waals surface area contributed by atoms with Crippen molar-refractivity contribution < 1.29 is 29.6 Å². The monoisotopic (exact) mass is 741 g/mol. The molecule has 3 aromatic rings. The van der Waals surface area contributed by atoms with E-state index in [1.165, 1.54) is 0 Å². The second-order valence-electron chi connectivity index (χ2n) is 17.1. The first-order chi connectivity index (χ1) is 26.0. The highest BCUT2D eigenvalue weighted by Crippen LogP contribution is 2.60. The van der Waals surface area contributed by atoms with Crippen LogP contribution in [0.3, 0.4) is 0 Å². The van der Waals surface area contributed by atoms with Crippen molar-refractivity contribution in [3.05, 3.63) is 71.4 Å². The number of pyridine rings is 1. The van der Waals surface area contributed by atoms with E-state index in [0.29, 0.717) is 73.9 Å². The van der Waals surface area contributed by atoms with E-state index < -0.39 is 12.1 Å². The fraction of sp³-hybridized carbons (Fsp3) is 0.622. The number of nitrogens with one attached hydrogen (secondary N) is 2. The predicted molar refractivity (Wildman–Crippen MR) is 213 cm³/mol. The number of anilines is 1. The van der Waals surface area contributed by atoms with Crippen LogP contribution in [0.1, 0.15) is 113 Å². The van der Waals surface area contributed by atoms with Crippen molar-refractivity contribution >= 4 is 28.5 Å². The van der Waals surface area contributed by atoms with Crippen molar-refractivity contribution in [3.8, 4) is 0 Å². The van der Waals surface area contributed by atoms with Gasteiger partial charge in [0.1, 0.15) is 0 Å². The Morgan fingerprint density at radius 2 is 1.80 bits per heavy atom. The summed E-state index contributed by atoms with van der Waals surface area (Å²) in [6.07, 6.45) is 8.31. The Hall–Kier alpha value is -3.53. The number of aromatic nitrogens is 1. The van der Waals surface area contributed by atoms with Gasteiger partial charge in [-0.15, -0.1) is 0 Å². The van der Waals surface area contributed by atoms with Crippen LogP contribution in [0, 0.1) is 47.8 Å². The summed E-state index contributed by atoms with van der Waals surface area (Å²) >= 11 is 0. The van der Waals surface area contributed by atoms with Crippen LogP contribution in [0.5, 0.6) is 0 Å². The Bertz CT molecular complexity index is 1720. The largest absolute Gasteiger partial charge is 0.481 e. The van der Waals surface area contributed by atoms with Gasteiger partial charge in [0.05, 0.1) is 47.4 Å². The minimum Gasteiger partial charge on any atom is -0.481 e. The molecular weight excluding hydrogens is 679 g/mol. The molecule has 1 aromatic heterocycles.